The number of hydrogen-bond donors (Lipinski definition) is 0. The van der Waals surface area contributed by atoms with Gasteiger partial charge in [0.25, 0.3) is 0 Å². The normalized spacial score (nSPS) is 16.2. The maximum Gasteiger partial charge on any atom is 0.343 e. The number of halogens is 3. The first-order chi connectivity index (χ1) is 15.4. The van der Waals surface area contributed by atoms with E-state index < -0.39 is 51.6 Å². The highest BCUT2D eigenvalue weighted by atomic mass is 19.2. The lowest BCUT2D eigenvalue weighted by Crippen LogP contribution is -2.26. The van der Waals surface area contributed by atoms with Crippen LogP contribution in [0, 0.1) is 17.5 Å². The van der Waals surface area contributed by atoms with Crippen molar-refractivity contribution >= 4 is 16.9 Å². The molecule has 0 radical (unpaired) electrons. The highest BCUT2D eigenvalue weighted by Gasteiger charge is 2.25. The van der Waals surface area contributed by atoms with Crippen LogP contribution in [0.25, 0.3) is 16.6 Å². The Balaban J connectivity index is 1.98. The lowest BCUT2D eigenvalue weighted by Gasteiger charge is -2.25. The summed E-state index contributed by atoms with van der Waals surface area (Å²) in [6.07, 6.45) is 2.96. The summed E-state index contributed by atoms with van der Waals surface area (Å²) in [7, 11) is 0. The third-order valence-electron chi connectivity index (χ3n) is 5.14. The minimum atomic E-state index is -1.73. The number of hydrogen-bond acceptors (Lipinski definition) is 5. The van der Waals surface area contributed by atoms with Crippen LogP contribution in [-0.4, -0.2) is 30.0 Å². The van der Waals surface area contributed by atoms with Crippen molar-refractivity contribution in [2.45, 2.75) is 32.5 Å². The van der Waals surface area contributed by atoms with Gasteiger partial charge in [0.05, 0.1) is 29.8 Å². The first kappa shape index (κ1) is 21.9. The maximum atomic E-state index is 14.9. The summed E-state index contributed by atoms with van der Waals surface area (Å²) in [6.45, 7) is 2.07. The number of carbonyl (C=O) groups excluding carboxylic acids is 1. The van der Waals surface area contributed by atoms with Gasteiger partial charge in [-0.15, -0.1) is 0 Å². The van der Waals surface area contributed by atoms with Crippen molar-refractivity contribution in [3.8, 4) is 11.4 Å². The van der Waals surface area contributed by atoms with E-state index in [9.17, 15) is 22.8 Å². The zero-order chi connectivity index (χ0) is 22.8. The number of benzene rings is 2. The molecule has 3 aromatic rings. The fourth-order valence-electron chi connectivity index (χ4n) is 3.64. The molecule has 1 aromatic heterocycles. The number of nitrogens with zero attached hydrogens (tertiary/aromatic N) is 1. The number of pyridine rings is 1. The molecule has 1 fully saturated rings. The second-order valence-electron chi connectivity index (χ2n) is 7.23. The van der Waals surface area contributed by atoms with Gasteiger partial charge in [-0.1, -0.05) is 12.1 Å². The number of rotatable bonds is 5. The Labute approximate surface area is 181 Å². The van der Waals surface area contributed by atoms with Crippen molar-refractivity contribution in [3.63, 3.8) is 0 Å². The monoisotopic (exact) mass is 447 g/mol. The predicted octanol–water partition coefficient (Wildman–Crippen LogP) is 4.49. The molecule has 0 aliphatic carbocycles. The van der Waals surface area contributed by atoms with Crippen LogP contribution in [-0.2, 0) is 9.47 Å². The molecule has 4 rings (SSSR count). The first-order valence-electron chi connectivity index (χ1n) is 10.2. The van der Waals surface area contributed by atoms with Gasteiger partial charge in [-0.05, 0) is 38.0 Å². The highest BCUT2D eigenvalue weighted by Crippen LogP contribution is 2.31. The molecule has 6 nitrogen and oxygen atoms in total. The molecule has 32 heavy (non-hydrogen) atoms. The molecule has 1 saturated heterocycles. The van der Waals surface area contributed by atoms with Gasteiger partial charge in [0, 0.05) is 12.6 Å². The van der Waals surface area contributed by atoms with Crippen molar-refractivity contribution in [2.75, 3.05) is 13.2 Å². The van der Waals surface area contributed by atoms with Crippen LogP contribution in [0.5, 0.6) is 5.75 Å². The van der Waals surface area contributed by atoms with E-state index in [0.29, 0.717) is 19.1 Å². The van der Waals surface area contributed by atoms with Crippen molar-refractivity contribution in [3.05, 3.63) is 69.8 Å². The van der Waals surface area contributed by atoms with Crippen LogP contribution in [0.15, 0.2) is 41.3 Å². The van der Waals surface area contributed by atoms with Gasteiger partial charge in [-0.2, -0.15) is 0 Å². The summed E-state index contributed by atoms with van der Waals surface area (Å²) in [5.74, 6) is -5.55. The SMILES string of the molecule is CCOC(=O)c1cn(-c2ccccc2OC2CCCCO2)c2c(F)c(F)c(F)cc2c1=O. The molecule has 2 aromatic carbocycles. The quantitative estimate of drug-likeness (QED) is 0.426. The van der Waals surface area contributed by atoms with E-state index >= 15 is 0 Å². The third-order valence-corrected chi connectivity index (χ3v) is 5.14. The van der Waals surface area contributed by atoms with Gasteiger partial charge < -0.3 is 18.8 Å². The van der Waals surface area contributed by atoms with E-state index in [2.05, 4.69) is 0 Å². The predicted molar refractivity (Wildman–Crippen MR) is 110 cm³/mol. The number of esters is 1. The van der Waals surface area contributed by atoms with E-state index in [4.69, 9.17) is 14.2 Å². The van der Waals surface area contributed by atoms with Crippen LogP contribution in [0.4, 0.5) is 13.2 Å². The minimum absolute atomic E-state index is 0.0127. The van der Waals surface area contributed by atoms with Crippen LogP contribution in [0.3, 0.4) is 0 Å². The van der Waals surface area contributed by atoms with Crippen molar-refractivity contribution in [2.24, 2.45) is 0 Å². The second kappa shape index (κ2) is 9.04. The molecule has 2 heterocycles. The molecule has 0 N–H and O–H groups in total. The minimum Gasteiger partial charge on any atom is -0.463 e. The van der Waals surface area contributed by atoms with E-state index in [0.717, 1.165) is 23.6 Å². The van der Waals surface area contributed by atoms with E-state index in [1.165, 1.54) is 6.07 Å². The Hall–Kier alpha value is -3.33. The Kier molecular flexibility index (Phi) is 6.18. The lowest BCUT2D eigenvalue weighted by molar-refractivity contribution is -0.105. The number of para-hydroxylation sites is 2. The van der Waals surface area contributed by atoms with Crippen LogP contribution < -0.4 is 10.2 Å². The zero-order valence-corrected chi connectivity index (χ0v) is 17.2. The molecule has 9 heteroatoms. The topological polar surface area (TPSA) is 66.8 Å². The standard InChI is InChI=1S/C23H20F3NO5/c1-2-30-23(29)14-12-27(21-13(22(14)28)11-15(24)19(25)20(21)26)16-7-3-4-8-17(16)32-18-9-5-6-10-31-18/h3-4,7-8,11-12,18H,2,5-6,9-10H2,1H3. The molecular formula is C23H20F3NO5. The van der Waals surface area contributed by atoms with Gasteiger partial charge in [-0.3, -0.25) is 4.79 Å². The van der Waals surface area contributed by atoms with Gasteiger partial charge in [0.2, 0.25) is 5.43 Å². The molecule has 0 spiro atoms. The molecule has 0 saturated carbocycles. The Morgan fingerprint density at radius 1 is 1.19 bits per heavy atom. The van der Waals surface area contributed by atoms with Gasteiger partial charge in [0.15, 0.2) is 23.7 Å². The van der Waals surface area contributed by atoms with Crippen LogP contribution in [0.1, 0.15) is 36.5 Å². The molecule has 0 amide bonds. The van der Waals surface area contributed by atoms with Crippen molar-refractivity contribution in [1.29, 1.82) is 0 Å². The van der Waals surface area contributed by atoms with E-state index in [-0.39, 0.29) is 18.0 Å². The smallest absolute Gasteiger partial charge is 0.343 e. The van der Waals surface area contributed by atoms with Crippen molar-refractivity contribution < 1.29 is 32.2 Å². The lowest BCUT2D eigenvalue weighted by atomic mass is 10.1. The average Bonchev–Trinajstić information content (AvgIpc) is 2.79. The summed E-state index contributed by atoms with van der Waals surface area (Å²) in [5.41, 5.74) is -1.74. The summed E-state index contributed by atoms with van der Waals surface area (Å²) >= 11 is 0. The molecule has 1 aliphatic rings. The Morgan fingerprint density at radius 3 is 2.69 bits per heavy atom. The number of carbonyl (C=O) groups is 1. The fourth-order valence-corrected chi connectivity index (χ4v) is 3.64. The molecular weight excluding hydrogens is 427 g/mol. The molecule has 1 unspecified atom stereocenters. The average molecular weight is 447 g/mol. The van der Waals surface area contributed by atoms with E-state index in [1.54, 1.807) is 25.1 Å². The summed E-state index contributed by atoms with van der Waals surface area (Å²) in [5, 5.41) is -0.504. The number of ether oxygens (including phenoxy) is 3. The summed E-state index contributed by atoms with van der Waals surface area (Å²) in [4.78, 5) is 25.2. The zero-order valence-electron chi connectivity index (χ0n) is 17.2. The molecule has 0 bridgehead atoms. The summed E-state index contributed by atoms with van der Waals surface area (Å²) in [6, 6.07) is 7.00. The van der Waals surface area contributed by atoms with Gasteiger partial charge in [0.1, 0.15) is 11.3 Å². The maximum absolute atomic E-state index is 14.9. The second-order valence-corrected chi connectivity index (χ2v) is 7.23. The number of aromatic nitrogens is 1. The Morgan fingerprint density at radius 2 is 1.97 bits per heavy atom. The van der Waals surface area contributed by atoms with Crippen molar-refractivity contribution in [1.82, 2.24) is 4.57 Å². The van der Waals surface area contributed by atoms with E-state index in [1.807, 2.05) is 0 Å². The van der Waals surface area contributed by atoms with Crippen LogP contribution >= 0.6 is 0 Å². The van der Waals surface area contributed by atoms with Crippen LogP contribution in [0.2, 0.25) is 0 Å². The number of fused-ring (bicyclic) bond motifs is 1. The fraction of sp³-hybridized carbons (Fsp3) is 0.304. The van der Waals surface area contributed by atoms with Gasteiger partial charge in [-0.25, -0.2) is 18.0 Å². The molecule has 1 atom stereocenters. The Bertz CT molecular complexity index is 1230. The molecule has 1 aliphatic heterocycles. The summed E-state index contributed by atoms with van der Waals surface area (Å²) < 4.78 is 60.5. The molecule has 168 valence electrons. The van der Waals surface area contributed by atoms with Gasteiger partial charge >= 0.3 is 5.97 Å². The highest BCUT2D eigenvalue weighted by molar-refractivity contribution is 5.94. The largest absolute Gasteiger partial charge is 0.463 e. The third kappa shape index (κ3) is 3.95. The first-order valence-corrected chi connectivity index (χ1v) is 10.2.